The van der Waals surface area contributed by atoms with Crippen LogP contribution < -0.4 is 10.6 Å². The molecule has 27 heavy (non-hydrogen) atoms. The zero-order valence-corrected chi connectivity index (χ0v) is 15.8. The summed E-state index contributed by atoms with van der Waals surface area (Å²) in [6.45, 7) is 5.64. The van der Waals surface area contributed by atoms with E-state index in [0.717, 1.165) is 52.0 Å². The predicted molar refractivity (Wildman–Crippen MR) is 104 cm³/mol. The molecule has 2 fully saturated rings. The molecule has 7 nitrogen and oxygen atoms in total. The van der Waals surface area contributed by atoms with Crippen molar-refractivity contribution in [2.75, 3.05) is 45.8 Å². The lowest BCUT2D eigenvalue weighted by Crippen LogP contribution is -2.57. The second-order valence-corrected chi connectivity index (χ2v) is 7.42. The van der Waals surface area contributed by atoms with Crippen LogP contribution in [-0.4, -0.2) is 78.8 Å². The second kappa shape index (κ2) is 9.71. The van der Waals surface area contributed by atoms with Gasteiger partial charge in [0.1, 0.15) is 6.04 Å². The van der Waals surface area contributed by atoms with Crippen LogP contribution in [0.3, 0.4) is 0 Å². The number of likely N-dealkylation sites (tertiary alicyclic amines) is 1. The van der Waals surface area contributed by atoms with Crippen LogP contribution in [0.1, 0.15) is 18.4 Å². The summed E-state index contributed by atoms with van der Waals surface area (Å²) in [5.74, 6) is -0.00176. The van der Waals surface area contributed by atoms with E-state index >= 15 is 0 Å². The van der Waals surface area contributed by atoms with Crippen LogP contribution in [0, 0.1) is 5.92 Å². The molecule has 0 saturated carbocycles. The highest BCUT2D eigenvalue weighted by atomic mass is 16.4. The minimum atomic E-state index is -1.12. The summed E-state index contributed by atoms with van der Waals surface area (Å²) in [5.41, 5.74) is 1.33. The van der Waals surface area contributed by atoms with Crippen LogP contribution >= 0.6 is 0 Å². The molecule has 1 atom stereocenters. The van der Waals surface area contributed by atoms with E-state index in [0.29, 0.717) is 13.1 Å². The van der Waals surface area contributed by atoms with Gasteiger partial charge in [-0.3, -0.25) is 4.79 Å². The molecule has 2 heterocycles. The molecule has 7 heteroatoms. The fraction of sp³-hybridized carbons (Fsp3) is 0.600. The Morgan fingerprint density at radius 1 is 1.11 bits per heavy atom. The topological polar surface area (TPSA) is 84.9 Å². The Balaban J connectivity index is 1.52. The van der Waals surface area contributed by atoms with Crippen molar-refractivity contribution in [2.24, 2.45) is 5.92 Å². The van der Waals surface area contributed by atoms with Gasteiger partial charge in [0.25, 0.3) is 0 Å². The first-order valence-electron chi connectivity index (χ1n) is 9.89. The maximum Gasteiger partial charge on any atom is 0.405 e. The number of amides is 2. The fourth-order valence-electron chi connectivity index (χ4n) is 4.04. The summed E-state index contributed by atoms with van der Waals surface area (Å²) in [4.78, 5) is 28.3. The number of carbonyl (C=O) groups excluding carboxylic acids is 1. The van der Waals surface area contributed by atoms with E-state index in [1.807, 2.05) is 6.07 Å². The van der Waals surface area contributed by atoms with Crippen LogP contribution in [0.15, 0.2) is 30.3 Å². The van der Waals surface area contributed by atoms with Crippen molar-refractivity contribution in [3.63, 3.8) is 0 Å². The highest BCUT2D eigenvalue weighted by Crippen LogP contribution is 2.23. The van der Waals surface area contributed by atoms with Gasteiger partial charge in [-0.25, -0.2) is 4.79 Å². The average molecular weight is 374 g/mol. The number of rotatable bonds is 6. The van der Waals surface area contributed by atoms with Gasteiger partial charge in [0.2, 0.25) is 5.91 Å². The predicted octanol–water partition coefficient (Wildman–Crippen LogP) is 1.01. The Bertz CT molecular complexity index is 611. The van der Waals surface area contributed by atoms with E-state index in [4.69, 9.17) is 0 Å². The van der Waals surface area contributed by atoms with Gasteiger partial charge in [-0.1, -0.05) is 30.3 Å². The lowest BCUT2D eigenvalue weighted by Gasteiger charge is -2.38. The normalized spacial score (nSPS) is 20.2. The number of carbonyl (C=O) groups is 2. The summed E-state index contributed by atoms with van der Waals surface area (Å²) >= 11 is 0. The first kappa shape index (κ1) is 19.6. The highest BCUT2D eigenvalue weighted by molar-refractivity contribution is 5.85. The number of hydrogen-bond acceptors (Lipinski definition) is 4. The van der Waals surface area contributed by atoms with Crippen molar-refractivity contribution < 1.29 is 14.7 Å². The molecular weight excluding hydrogens is 344 g/mol. The molecule has 0 radical (unpaired) electrons. The van der Waals surface area contributed by atoms with E-state index < -0.39 is 12.1 Å². The summed E-state index contributed by atoms with van der Waals surface area (Å²) in [6.07, 6.45) is 1.59. The fourth-order valence-corrected chi connectivity index (χ4v) is 4.04. The Kier molecular flexibility index (Phi) is 7.06. The van der Waals surface area contributed by atoms with E-state index in [1.165, 1.54) is 5.56 Å². The Morgan fingerprint density at radius 3 is 2.41 bits per heavy atom. The Hall–Kier alpha value is -2.12. The molecule has 1 aromatic carbocycles. The van der Waals surface area contributed by atoms with E-state index in [9.17, 15) is 14.7 Å². The number of piperidine rings is 1. The third-order valence-corrected chi connectivity index (χ3v) is 5.64. The molecule has 3 rings (SSSR count). The van der Waals surface area contributed by atoms with E-state index in [-0.39, 0.29) is 11.8 Å². The first-order valence-corrected chi connectivity index (χ1v) is 9.89. The van der Waals surface area contributed by atoms with Gasteiger partial charge >= 0.3 is 6.09 Å². The zero-order valence-electron chi connectivity index (χ0n) is 15.8. The number of hydrogen-bond donors (Lipinski definition) is 3. The number of piperazine rings is 1. The Morgan fingerprint density at radius 2 is 1.78 bits per heavy atom. The Labute approximate surface area is 160 Å². The molecular formula is C20H30N4O3. The van der Waals surface area contributed by atoms with Gasteiger partial charge in [-0.15, -0.1) is 0 Å². The molecule has 0 spiro atoms. The van der Waals surface area contributed by atoms with Gasteiger partial charge in [0.05, 0.1) is 0 Å². The molecule has 2 amide bonds. The third-order valence-electron chi connectivity index (χ3n) is 5.64. The quantitative estimate of drug-likeness (QED) is 0.692. The molecule has 2 aliphatic rings. The van der Waals surface area contributed by atoms with Gasteiger partial charge < -0.3 is 25.5 Å². The molecule has 0 aliphatic carbocycles. The number of nitrogens with one attached hydrogen (secondary N) is 2. The molecule has 1 aromatic rings. The van der Waals surface area contributed by atoms with Gasteiger partial charge in [0.15, 0.2) is 0 Å². The van der Waals surface area contributed by atoms with Gasteiger partial charge in [0, 0.05) is 32.7 Å². The molecule has 0 bridgehead atoms. The maximum atomic E-state index is 12.9. The van der Waals surface area contributed by atoms with Gasteiger partial charge in [-0.05, 0) is 43.8 Å². The van der Waals surface area contributed by atoms with Crippen molar-refractivity contribution in [2.45, 2.75) is 25.3 Å². The van der Waals surface area contributed by atoms with Crippen molar-refractivity contribution in [3.05, 3.63) is 35.9 Å². The lowest BCUT2D eigenvalue weighted by atomic mass is 9.88. The minimum Gasteiger partial charge on any atom is -0.465 e. The monoisotopic (exact) mass is 374 g/mol. The molecule has 2 aliphatic heterocycles. The van der Waals surface area contributed by atoms with Crippen LogP contribution in [-0.2, 0) is 11.2 Å². The maximum absolute atomic E-state index is 12.9. The zero-order chi connectivity index (χ0) is 19.1. The van der Waals surface area contributed by atoms with Crippen molar-refractivity contribution in [1.29, 1.82) is 0 Å². The molecule has 0 aromatic heterocycles. The smallest absolute Gasteiger partial charge is 0.405 e. The summed E-state index contributed by atoms with van der Waals surface area (Å²) in [5, 5.41) is 15.0. The van der Waals surface area contributed by atoms with Crippen molar-refractivity contribution >= 4 is 12.0 Å². The minimum absolute atomic E-state index is 0.0662. The summed E-state index contributed by atoms with van der Waals surface area (Å²) in [7, 11) is 0. The first-order chi connectivity index (χ1) is 13.1. The molecule has 2 saturated heterocycles. The van der Waals surface area contributed by atoms with Crippen LogP contribution in [0.2, 0.25) is 0 Å². The second-order valence-electron chi connectivity index (χ2n) is 7.42. The number of nitrogens with zero attached hydrogens (tertiary/aromatic N) is 2. The van der Waals surface area contributed by atoms with Crippen molar-refractivity contribution in [3.8, 4) is 0 Å². The summed E-state index contributed by atoms with van der Waals surface area (Å²) < 4.78 is 0. The molecule has 148 valence electrons. The van der Waals surface area contributed by atoms with Crippen LogP contribution in [0.4, 0.5) is 4.79 Å². The number of carboxylic acid groups (broad SMARTS) is 1. The largest absolute Gasteiger partial charge is 0.465 e. The standard InChI is InChI=1S/C20H30N4O3/c25-19(24-14-9-21-10-15-24)18(22-20(26)27)17-7-12-23(13-8-17)11-6-16-4-2-1-3-5-16/h1-5,17-18,21-22H,6-15H2,(H,26,27)/t18-/m1/s1. The van der Waals surface area contributed by atoms with E-state index in [2.05, 4.69) is 39.8 Å². The third kappa shape index (κ3) is 5.68. The van der Waals surface area contributed by atoms with Crippen molar-refractivity contribution in [1.82, 2.24) is 20.4 Å². The molecule has 3 N–H and O–H groups in total. The summed E-state index contributed by atoms with van der Waals surface area (Å²) in [6, 6.07) is 9.81. The van der Waals surface area contributed by atoms with Crippen LogP contribution in [0.5, 0.6) is 0 Å². The molecule has 0 unspecified atom stereocenters. The highest BCUT2D eigenvalue weighted by Gasteiger charge is 2.35. The van der Waals surface area contributed by atoms with E-state index in [1.54, 1.807) is 4.90 Å². The van der Waals surface area contributed by atoms with Crippen LogP contribution in [0.25, 0.3) is 0 Å². The van der Waals surface area contributed by atoms with Gasteiger partial charge in [-0.2, -0.15) is 0 Å². The SMILES string of the molecule is O=C(O)N[C@@H](C(=O)N1CCNCC1)C1CCN(CCc2ccccc2)CC1. The number of benzene rings is 1. The average Bonchev–Trinajstić information content (AvgIpc) is 2.72. The lowest BCUT2D eigenvalue weighted by molar-refractivity contribution is -0.135.